The monoisotopic (exact) mass is 251 g/mol. The molecular weight excluding hydrogens is 222 g/mol. The molecule has 3 fully saturated rings. The molecule has 1 saturated heterocycles. The molecule has 2 nitrogen and oxygen atoms in total. The van der Waals surface area contributed by atoms with Crippen molar-refractivity contribution in [1.82, 2.24) is 4.90 Å². The summed E-state index contributed by atoms with van der Waals surface area (Å²) < 4.78 is 0. The van der Waals surface area contributed by atoms with E-state index in [9.17, 15) is 5.11 Å². The fourth-order valence-corrected chi connectivity index (χ4v) is 4.69. The largest absolute Gasteiger partial charge is 0.393 e. The molecule has 0 bridgehead atoms. The molecule has 0 radical (unpaired) electrons. The molecule has 3 unspecified atom stereocenters. The number of likely N-dealkylation sites (tertiary alicyclic amines) is 1. The normalized spacial score (nSPS) is 38.8. The minimum Gasteiger partial charge on any atom is -0.393 e. The van der Waals surface area contributed by atoms with Crippen LogP contribution in [0.2, 0.25) is 0 Å². The van der Waals surface area contributed by atoms with Crippen molar-refractivity contribution in [2.24, 2.45) is 11.8 Å². The van der Waals surface area contributed by atoms with Crippen LogP contribution in [0.4, 0.5) is 0 Å². The molecule has 3 rings (SSSR count). The molecule has 2 saturated carbocycles. The standard InChI is InChI=1S/C16H29NO/c18-16-9-3-7-14(16)10-12-17-11-4-8-15(17)13-5-1-2-6-13/h13-16,18H,1-12H2. The number of aliphatic hydroxyl groups is 1. The van der Waals surface area contributed by atoms with Crippen molar-refractivity contribution >= 4 is 0 Å². The highest BCUT2D eigenvalue weighted by atomic mass is 16.3. The van der Waals surface area contributed by atoms with Crippen LogP contribution in [-0.4, -0.2) is 35.2 Å². The average molecular weight is 251 g/mol. The Hall–Kier alpha value is -0.0800. The van der Waals surface area contributed by atoms with Crippen LogP contribution in [0.15, 0.2) is 0 Å². The molecular formula is C16H29NO. The van der Waals surface area contributed by atoms with E-state index in [1.807, 2.05) is 0 Å². The van der Waals surface area contributed by atoms with Gasteiger partial charge in [0, 0.05) is 6.04 Å². The number of aliphatic hydroxyl groups excluding tert-OH is 1. The highest BCUT2D eigenvalue weighted by Crippen LogP contribution is 2.36. The maximum atomic E-state index is 9.92. The Labute approximate surface area is 112 Å². The van der Waals surface area contributed by atoms with Crippen molar-refractivity contribution in [1.29, 1.82) is 0 Å². The molecule has 1 heterocycles. The first-order valence-electron chi connectivity index (χ1n) is 8.27. The zero-order valence-corrected chi connectivity index (χ0v) is 11.7. The Bertz CT molecular complexity index is 262. The zero-order valence-electron chi connectivity index (χ0n) is 11.7. The number of nitrogens with zero attached hydrogens (tertiary/aromatic N) is 1. The summed E-state index contributed by atoms with van der Waals surface area (Å²) in [6.07, 6.45) is 13.6. The Balaban J connectivity index is 1.48. The summed E-state index contributed by atoms with van der Waals surface area (Å²) in [6.45, 7) is 2.58. The van der Waals surface area contributed by atoms with Gasteiger partial charge in [0.15, 0.2) is 0 Å². The summed E-state index contributed by atoms with van der Waals surface area (Å²) in [5, 5.41) is 9.92. The molecule has 1 N–H and O–H groups in total. The quantitative estimate of drug-likeness (QED) is 0.829. The molecule has 3 aliphatic rings. The third-order valence-electron chi connectivity index (χ3n) is 5.76. The molecule has 0 aromatic carbocycles. The van der Waals surface area contributed by atoms with Gasteiger partial charge in [-0.25, -0.2) is 0 Å². The van der Waals surface area contributed by atoms with Gasteiger partial charge in [0.05, 0.1) is 6.10 Å². The second kappa shape index (κ2) is 5.92. The van der Waals surface area contributed by atoms with Crippen LogP contribution in [0, 0.1) is 11.8 Å². The molecule has 18 heavy (non-hydrogen) atoms. The van der Waals surface area contributed by atoms with Crippen LogP contribution >= 0.6 is 0 Å². The highest BCUT2D eigenvalue weighted by Gasteiger charge is 2.34. The van der Waals surface area contributed by atoms with E-state index in [1.165, 1.54) is 70.9 Å². The van der Waals surface area contributed by atoms with E-state index in [1.54, 1.807) is 0 Å². The Morgan fingerprint density at radius 3 is 2.44 bits per heavy atom. The summed E-state index contributed by atoms with van der Waals surface area (Å²) in [5.41, 5.74) is 0. The summed E-state index contributed by atoms with van der Waals surface area (Å²) in [5.74, 6) is 1.61. The van der Waals surface area contributed by atoms with E-state index >= 15 is 0 Å². The van der Waals surface area contributed by atoms with E-state index in [0.29, 0.717) is 5.92 Å². The van der Waals surface area contributed by atoms with Crippen LogP contribution in [-0.2, 0) is 0 Å². The smallest absolute Gasteiger partial charge is 0.0568 e. The lowest BCUT2D eigenvalue weighted by Gasteiger charge is -2.30. The summed E-state index contributed by atoms with van der Waals surface area (Å²) >= 11 is 0. The third-order valence-corrected chi connectivity index (χ3v) is 5.76. The van der Waals surface area contributed by atoms with Gasteiger partial charge in [0.1, 0.15) is 0 Å². The second-order valence-corrected chi connectivity index (χ2v) is 6.84. The molecule has 0 aromatic rings. The van der Waals surface area contributed by atoms with Crippen molar-refractivity contribution in [3.05, 3.63) is 0 Å². The Morgan fingerprint density at radius 1 is 0.889 bits per heavy atom. The number of hydrogen-bond acceptors (Lipinski definition) is 2. The van der Waals surface area contributed by atoms with Crippen molar-refractivity contribution in [3.63, 3.8) is 0 Å². The van der Waals surface area contributed by atoms with Gasteiger partial charge in [-0.1, -0.05) is 19.3 Å². The first-order valence-corrected chi connectivity index (χ1v) is 8.27. The molecule has 104 valence electrons. The van der Waals surface area contributed by atoms with Gasteiger partial charge in [-0.05, 0) is 69.9 Å². The van der Waals surface area contributed by atoms with Crippen LogP contribution < -0.4 is 0 Å². The van der Waals surface area contributed by atoms with Crippen LogP contribution in [0.25, 0.3) is 0 Å². The maximum Gasteiger partial charge on any atom is 0.0568 e. The third kappa shape index (κ3) is 2.75. The fourth-order valence-electron chi connectivity index (χ4n) is 4.69. The van der Waals surface area contributed by atoms with Gasteiger partial charge in [-0.3, -0.25) is 0 Å². The summed E-state index contributed by atoms with van der Waals surface area (Å²) in [7, 11) is 0. The van der Waals surface area contributed by atoms with Gasteiger partial charge in [0.2, 0.25) is 0 Å². The van der Waals surface area contributed by atoms with Gasteiger partial charge >= 0.3 is 0 Å². The van der Waals surface area contributed by atoms with E-state index in [2.05, 4.69) is 4.90 Å². The molecule has 2 heteroatoms. The number of rotatable bonds is 4. The predicted molar refractivity (Wildman–Crippen MR) is 74.5 cm³/mol. The second-order valence-electron chi connectivity index (χ2n) is 6.84. The van der Waals surface area contributed by atoms with Crippen LogP contribution in [0.3, 0.4) is 0 Å². The van der Waals surface area contributed by atoms with Crippen LogP contribution in [0.5, 0.6) is 0 Å². The van der Waals surface area contributed by atoms with E-state index < -0.39 is 0 Å². The van der Waals surface area contributed by atoms with E-state index in [0.717, 1.165) is 18.4 Å². The maximum absolute atomic E-state index is 9.92. The lowest BCUT2D eigenvalue weighted by molar-refractivity contribution is 0.110. The fraction of sp³-hybridized carbons (Fsp3) is 1.00. The molecule has 0 spiro atoms. The summed E-state index contributed by atoms with van der Waals surface area (Å²) in [6, 6.07) is 0.894. The summed E-state index contributed by atoms with van der Waals surface area (Å²) in [4.78, 5) is 2.76. The van der Waals surface area contributed by atoms with Crippen molar-refractivity contribution in [2.45, 2.75) is 76.4 Å². The molecule has 3 atom stereocenters. The Morgan fingerprint density at radius 2 is 1.72 bits per heavy atom. The Kier molecular flexibility index (Phi) is 4.25. The van der Waals surface area contributed by atoms with Crippen molar-refractivity contribution < 1.29 is 5.11 Å². The average Bonchev–Trinajstić information content (AvgIpc) is 3.07. The molecule has 0 amide bonds. The minimum absolute atomic E-state index is 0.0116. The minimum atomic E-state index is 0.0116. The first-order chi connectivity index (χ1) is 8.84. The lowest BCUT2D eigenvalue weighted by Crippen LogP contribution is -2.36. The zero-order chi connectivity index (χ0) is 12.4. The topological polar surface area (TPSA) is 23.5 Å². The SMILES string of the molecule is OC1CCCC1CCN1CCCC1C1CCCC1. The van der Waals surface area contributed by atoms with E-state index in [4.69, 9.17) is 0 Å². The van der Waals surface area contributed by atoms with Crippen LogP contribution in [0.1, 0.15) is 64.2 Å². The molecule has 0 aromatic heterocycles. The van der Waals surface area contributed by atoms with E-state index in [-0.39, 0.29) is 6.10 Å². The molecule has 2 aliphatic carbocycles. The first kappa shape index (κ1) is 12.9. The van der Waals surface area contributed by atoms with Crippen molar-refractivity contribution in [2.75, 3.05) is 13.1 Å². The molecule has 1 aliphatic heterocycles. The predicted octanol–water partition coefficient (Wildman–Crippen LogP) is 3.19. The number of hydrogen-bond donors (Lipinski definition) is 1. The van der Waals surface area contributed by atoms with Gasteiger partial charge in [-0.15, -0.1) is 0 Å². The lowest BCUT2D eigenvalue weighted by atomic mass is 9.95. The highest BCUT2D eigenvalue weighted by molar-refractivity contribution is 4.88. The van der Waals surface area contributed by atoms with Gasteiger partial charge in [-0.2, -0.15) is 0 Å². The van der Waals surface area contributed by atoms with Crippen molar-refractivity contribution in [3.8, 4) is 0 Å². The van der Waals surface area contributed by atoms with Gasteiger partial charge < -0.3 is 10.0 Å². The van der Waals surface area contributed by atoms with Gasteiger partial charge in [0.25, 0.3) is 0 Å².